The zero-order chi connectivity index (χ0) is 15.1. The van der Waals surface area contributed by atoms with Crippen molar-refractivity contribution >= 4 is 0 Å². The van der Waals surface area contributed by atoms with Gasteiger partial charge in [-0.1, -0.05) is 13.8 Å². The van der Waals surface area contributed by atoms with Crippen LogP contribution in [0.1, 0.15) is 46.5 Å². The first-order valence-electron chi connectivity index (χ1n) is 8.86. The SMILES string of the molecule is CCCNC(C1CCOCC1)C(C)(CC)N1CCOCC1. The predicted octanol–water partition coefficient (Wildman–Crippen LogP) is 2.28. The fourth-order valence-corrected chi connectivity index (χ4v) is 3.96. The maximum absolute atomic E-state index is 5.58. The molecule has 2 unspecified atom stereocenters. The second kappa shape index (κ2) is 8.47. The Labute approximate surface area is 130 Å². The van der Waals surface area contributed by atoms with Crippen LogP contribution in [-0.4, -0.2) is 62.5 Å². The Hall–Kier alpha value is -0.160. The van der Waals surface area contributed by atoms with Gasteiger partial charge in [-0.25, -0.2) is 0 Å². The molecule has 4 heteroatoms. The summed E-state index contributed by atoms with van der Waals surface area (Å²) in [5.74, 6) is 0.734. The van der Waals surface area contributed by atoms with Crippen molar-refractivity contribution in [2.75, 3.05) is 46.1 Å². The van der Waals surface area contributed by atoms with Gasteiger partial charge in [-0.2, -0.15) is 0 Å². The molecule has 0 bridgehead atoms. The first-order valence-corrected chi connectivity index (χ1v) is 8.86. The Balaban J connectivity index is 2.13. The third-order valence-corrected chi connectivity index (χ3v) is 5.47. The summed E-state index contributed by atoms with van der Waals surface area (Å²) < 4.78 is 11.1. The molecule has 2 saturated heterocycles. The molecule has 0 aromatic heterocycles. The van der Waals surface area contributed by atoms with Crippen molar-refractivity contribution in [3.05, 3.63) is 0 Å². The van der Waals surface area contributed by atoms with Crippen molar-refractivity contribution in [3.8, 4) is 0 Å². The highest BCUT2D eigenvalue weighted by atomic mass is 16.5. The molecule has 2 fully saturated rings. The third kappa shape index (κ3) is 4.19. The summed E-state index contributed by atoms with van der Waals surface area (Å²) in [6.45, 7) is 13.9. The Morgan fingerprint density at radius 2 is 1.71 bits per heavy atom. The van der Waals surface area contributed by atoms with E-state index >= 15 is 0 Å². The molecule has 2 aliphatic rings. The molecular formula is C17H34N2O2. The topological polar surface area (TPSA) is 33.7 Å². The van der Waals surface area contributed by atoms with Crippen LogP contribution in [0.4, 0.5) is 0 Å². The molecule has 0 amide bonds. The van der Waals surface area contributed by atoms with Crippen LogP contribution in [0, 0.1) is 5.92 Å². The number of nitrogens with zero attached hydrogens (tertiary/aromatic N) is 1. The summed E-state index contributed by atoms with van der Waals surface area (Å²) >= 11 is 0. The molecule has 0 radical (unpaired) electrons. The summed E-state index contributed by atoms with van der Waals surface area (Å²) in [5, 5.41) is 3.89. The van der Waals surface area contributed by atoms with Gasteiger partial charge in [-0.15, -0.1) is 0 Å². The molecule has 124 valence electrons. The average molecular weight is 298 g/mol. The van der Waals surface area contributed by atoms with E-state index < -0.39 is 0 Å². The van der Waals surface area contributed by atoms with Crippen molar-refractivity contribution < 1.29 is 9.47 Å². The number of rotatable bonds is 7. The van der Waals surface area contributed by atoms with Crippen LogP contribution in [0.5, 0.6) is 0 Å². The van der Waals surface area contributed by atoms with Gasteiger partial charge in [-0.3, -0.25) is 4.90 Å². The molecule has 2 aliphatic heterocycles. The van der Waals surface area contributed by atoms with Gasteiger partial charge in [0.2, 0.25) is 0 Å². The molecule has 2 rings (SSSR count). The van der Waals surface area contributed by atoms with E-state index in [1.54, 1.807) is 0 Å². The number of ether oxygens (including phenoxy) is 2. The van der Waals surface area contributed by atoms with Crippen LogP contribution >= 0.6 is 0 Å². The quantitative estimate of drug-likeness (QED) is 0.782. The maximum Gasteiger partial charge on any atom is 0.0594 e. The van der Waals surface area contributed by atoms with Crippen LogP contribution in [0.2, 0.25) is 0 Å². The third-order valence-electron chi connectivity index (χ3n) is 5.47. The molecule has 0 spiro atoms. The first-order chi connectivity index (χ1) is 10.2. The van der Waals surface area contributed by atoms with Gasteiger partial charge in [0.1, 0.15) is 0 Å². The number of hydrogen-bond donors (Lipinski definition) is 1. The summed E-state index contributed by atoms with van der Waals surface area (Å²) in [4.78, 5) is 2.67. The van der Waals surface area contributed by atoms with Gasteiger partial charge >= 0.3 is 0 Å². The fraction of sp³-hybridized carbons (Fsp3) is 1.00. The van der Waals surface area contributed by atoms with Crippen LogP contribution in [-0.2, 0) is 9.47 Å². The highest BCUT2D eigenvalue weighted by Gasteiger charge is 2.42. The van der Waals surface area contributed by atoms with Crippen molar-refractivity contribution in [1.82, 2.24) is 10.2 Å². The molecule has 0 aromatic rings. The van der Waals surface area contributed by atoms with E-state index in [-0.39, 0.29) is 5.54 Å². The molecule has 2 heterocycles. The fourth-order valence-electron chi connectivity index (χ4n) is 3.96. The van der Waals surface area contributed by atoms with Gasteiger partial charge < -0.3 is 14.8 Å². The second-order valence-corrected chi connectivity index (χ2v) is 6.69. The lowest BCUT2D eigenvalue weighted by Gasteiger charge is -2.51. The Bertz CT molecular complexity index is 289. The van der Waals surface area contributed by atoms with E-state index in [1.807, 2.05) is 0 Å². The molecule has 2 atom stereocenters. The molecule has 4 nitrogen and oxygen atoms in total. The second-order valence-electron chi connectivity index (χ2n) is 6.69. The van der Waals surface area contributed by atoms with Crippen LogP contribution < -0.4 is 5.32 Å². The number of morpholine rings is 1. The average Bonchev–Trinajstić information content (AvgIpc) is 2.56. The van der Waals surface area contributed by atoms with Crippen LogP contribution in [0.25, 0.3) is 0 Å². The van der Waals surface area contributed by atoms with Crippen molar-refractivity contribution in [3.63, 3.8) is 0 Å². The molecule has 1 N–H and O–H groups in total. The highest BCUT2D eigenvalue weighted by Crippen LogP contribution is 2.33. The lowest BCUT2D eigenvalue weighted by atomic mass is 9.76. The number of nitrogens with one attached hydrogen (secondary N) is 1. The van der Waals surface area contributed by atoms with E-state index in [9.17, 15) is 0 Å². The van der Waals surface area contributed by atoms with Crippen molar-refractivity contribution in [1.29, 1.82) is 0 Å². The van der Waals surface area contributed by atoms with Gasteiger partial charge in [0, 0.05) is 37.9 Å². The van der Waals surface area contributed by atoms with Gasteiger partial charge in [0.25, 0.3) is 0 Å². The Kier molecular flexibility index (Phi) is 6.93. The minimum atomic E-state index is 0.223. The van der Waals surface area contributed by atoms with Gasteiger partial charge in [-0.05, 0) is 45.1 Å². The maximum atomic E-state index is 5.58. The van der Waals surface area contributed by atoms with Crippen LogP contribution in [0.15, 0.2) is 0 Å². The molecule has 0 saturated carbocycles. The normalized spacial score (nSPS) is 26.4. The predicted molar refractivity (Wildman–Crippen MR) is 86.7 cm³/mol. The van der Waals surface area contributed by atoms with E-state index in [1.165, 1.54) is 25.7 Å². The number of hydrogen-bond acceptors (Lipinski definition) is 4. The van der Waals surface area contributed by atoms with Gasteiger partial charge in [0.15, 0.2) is 0 Å². The summed E-state index contributed by atoms with van der Waals surface area (Å²) in [6, 6.07) is 0.560. The van der Waals surface area contributed by atoms with Crippen LogP contribution in [0.3, 0.4) is 0 Å². The zero-order valence-electron chi connectivity index (χ0n) is 14.2. The molecule has 21 heavy (non-hydrogen) atoms. The lowest BCUT2D eigenvalue weighted by molar-refractivity contribution is -0.0523. The summed E-state index contributed by atoms with van der Waals surface area (Å²) in [5.41, 5.74) is 0.223. The van der Waals surface area contributed by atoms with E-state index in [0.717, 1.165) is 52.0 Å². The lowest BCUT2D eigenvalue weighted by Crippen LogP contribution is -2.64. The Morgan fingerprint density at radius 1 is 1.10 bits per heavy atom. The van der Waals surface area contributed by atoms with Gasteiger partial charge in [0.05, 0.1) is 13.2 Å². The smallest absolute Gasteiger partial charge is 0.0594 e. The van der Waals surface area contributed by atoms with Crippen molar-refractivity contribution in [2.24, 2.45) is 5.92 Å². The summed E-state index contributed by atoms with van der Waals surface area (Å²) in [7, 11) is 0. The van der Waals surface area contributed by atoms with E-state index in [2.05, 4.69) is 31.0 Å². The Morgan fingerprint density at radius 3 is 2.29 bits per heavy atom. The van der Waals surface area contributed by atoms with Crippen molar-refractivity contribution in [2.45, 2.75) is 58.0 Å². The summed E-state index contributed by atoms with van der Waals surface area (Å²) in [6.07, 6.45) is 4.77. The minimum Gasteiger partial charge on any atom is -0.381 e. The first kappa shape index (κ1) is 17.2. The molecule has 0 aliphatic carbocycles. The monoisotopic (exact) mass is 298 g/mol. The minimum absolute atomic E-state index is 0.223. The standard InChI is InChI=1S/C17H34N2O2/c1-4-8-18-16(15-6-11-20-12-7-15)17(3,5-2)19-9-13-21-14-10-19/h15-16,18H,4-14H2,1-3H3. The van der Waals surface area contributed by atoms with E-state index in [4.69, 9.17) is 9.47 Å². The highest BCUT2D eigenvalue weighted by molar-refractivity contribution is 5.00. The zero-order valence-corrected chi connectivity index (χ0v) is 14.2. The van der Waals surface area contributed by atoms with E-state index in [0.29, 0.717) is 6.04 Å². The largest absolute Gasteiger partial charge is 0.381 e. The molecule has 0 aromatic carbocycles. The molecular weight excluding hydrogens is 264 g/mol.